The Morgan fingerprint density at radius 2 is 1.88 bits per heavy atom. The molecule has 26 heavy (non-hydrogen) atoms. The summed E-state index contributed by atoms with van der Waals surface area (Å²) >= 11 is 0. The number of aliphatic hydroxyl groups is 1. The van der Waals surface area contributed by atoms with Crippen molar-refractivity contribution < 1.29 is 9.90 Å². The van der Waals surface area contributed by atoms with Gasteiger partial charge in [-0.25, -0.2) is 0 Å². The van der Waals surface area contributed by atoms with Gasteiger partial charge in [0.2, 0.25) is 5.91 Å². The summed E-state index contributed by atoms with van der Waals surface area (Å²) < 4.78 is 0. The molecular weight excluding hydrogens is 324 g/mol. The molecule has 1 amide bonds. The Morgan fingerprint density at radius 1 is 1.15 bits per heavy atom. The maximum Gasteiger partial charge on any atom is 0.225 e. The van der Waals surface area contributed by atoms with E-state index in [2.05, 4.69) is 26.0 Å². The Kier molecular flexibility index (Phi) is 6.25. The van der Waals surface area contributed by atoms with E-state index in [4.69, 9.17) is 4.98 Å². The topological polar surface area (TPSA) is 53.4 Å². The van der Waals surface area contributed by atoms with Gasteiger partial charge >= 0.3 is 0 Å². The number of para-hydroxylation sites is 1. The number of hydrogen-bond acceptors (Lipinski definition) is 3. The number of nitrogens with zero attached hydrogens (tertiary/aromatic N) is 2. The lowest BCUT2D eigenvalue weighted by Gasteiger charge is -2.23. The monoisotopic (exact) mass is 354 g/mol. The summed E-state index contributed by atoms with van der Waals surface area (Å²) in [5, 5.41) is 11.6. The van der Waals surface area contributed by atoms with Crippen molar-refractivity contribution in [1.29, 1.82) is 0 Å². The molecule has 0 saturated carbocycles. The quantitative estimate of drug-likeness (QED) is 0.822. The molecule has 1 aromatic heterocycles. The number of rotatable bonds is 7. The van der Waals surface area contributed by atoms with Crippen molar-refractivity contribution in [2.24, 2.45) is 11.8 Å². The summed E-state index contributed by atoms with van der Waals surface area (Å²) in [6.07, 6.45) is 4.18. The lowest BCUT2D eigenvalue weighted by atomic mass is 9.96. The van der Waals surface area contributed by atoms with Crippen LogP contribution < -0.4 is 0 Å². The van der Waals surface area contributed by atoms with E-state index < -0.39 is 6.10 Å². The second kappa shape index (κ2) is 8.63. The predicted molar refractivity (Wildman–Crippen MR) is 105 cm³/mol. The lowest BCUT2D eigenvalue weighted by molar-refractivity contribution is -0.135. The fourth-order valence-corrected chi connectivity index (χ4v) is 4.07. The fraction of sp³-hybridized carbons (Fsp3) is 0.545. The minimum atomic E-state index is -0.462. The number of aliphatic hydroxyl groups excluding tert-OH is 1. The molecule has 1 N–H and O–H groups in total. The van der Waals surface area contributed by atoms with Gasteiger partial charge in [-0.1, -0.05) is 51.0 Å². The van der Waals surface area contributed by atoms with Gasteiger partial charge in [0.1, 0.15) is 0 Å². The second-order valence-electron chi connectivity index (χ2n) is 7.54. The van der Waals surface area contributed by atoms with Gasteiger partial charge in [0.25, 0.3) is 0 Å². The highest BCUT2D eigenvalue weighted by Crippen LogP contribution is 2.26. The van der Waals surface area contributed by atoms with Gasteiger partial charge in [-0.3, -0.25) is 9.78 Å². The fourth-order valence-electron chi connectivity index (χ4n) is 4.07. The molecule has 0 bridgehead atoms. The number of hydrogen-bond donors (Lipinski definition) is 1. The average Bonchev–Trinajstić information content (AvgIpc) is 3.01. The van der Waals surface area contributed by atoms with E-state index in [0.29, 0.717) is 19.5 Å². The molecule has 4 heteroatoms. The third-order valence-electron chi connectivity index (χ3n) is 5.47. The number of pyridine rings is 1. The number of β-amino-alcohol motifs (C(OH)–C–C–N with tert-alkyl or cyclic N) is 1. The molecule has 0 aliphatic carbocycles. The lowest BCUT2D eigenvalue weighted by Crippen LogP contribution is -2.35. The van der Waals surface area contributed by atoms with Crippen molar-refractivity contribution in [2.75, 3.05) is 13.1 Å². The third kappa shape index (κ3) is 4.24. The summed E-state index contributed by atoms with van der Waals surface area (Å²) in [5.41, 5.74) is 1.97. The number of carbonyl (C=O) groups is 1. The van der Waals surface area contributed by atoms with Crippen LogP contribution in [0.25, 0.3) is 10.9 Å². The first-order valence-corrected chi connectivity index (χ1v) is 9.93. The van der Waals surface area contributed by atoms with Crippen molar-refractivity contribution >= 4 is 16.8 Å². The molecule has 2 atom stereocenters. The van der Waals surface area contributed by atoms with E-state index in [1.807, 2.05) is 29.2 Å². The number of aromatic nitrogens is 1. The van der Waals surface area contributed by atoms with E-state index in [-0.39, 0.29) is 17.7 Å². The number of likely N-dealkylation sites (tertiary alicyclic amines) is 1. The molecular formula is C22H30N2O2. The van der Waals surface area contributed by atoms with Crippen LogP contribution in [-0.2, 0) is 11.2 Å². The van der Waals surface area contributed by atoms with Crippen LogP contribution in [0, 0.1) is 11.8 Å². The van der Waals surface area contributed by atoms with Crippen LogP contribution in [0.5, 0.6) is 0 Å². The maximum atomic E-state index is 12.8. The van der Waals surface area contributed by atoms with Crippen molar-refractivity contribution in [3.8, 4) is 0 Å². The Labute approximate surface area is 156 Å². The zero-order valence-electron chi connectivity index (χ0n) is 15.9. The maximum absolute atomic E-state index is 12.8. The van der Waals surface area contributed by atoms with Crippen LogP contribution in [0.3, 0.4) is 0 Å². The molecule has 1 saturated heterocycles. The van der Waals surface area contributed by atoms with Crippen molar-refractivity contribution in [3.05, 3.63) is 42.1 Å². The normalized spacial score (nSPS) is 20.2. The zero-order chi connectivity index (χ0) is 18.5. The molecule has 2 aromatic rings. The SMILES string of the molecule is CCCC(CCC)C(=O)N1C[C@@H](Cc2ccc3ccccc3n2)[C@H](O)C1. The number of amides is 1. The molecule has 0 radical (unpaired) electrons. The molecule has 140 valence electrons. The Bertz CT molecular complexity index is 740. The van der Waals surface area contributed by atoms with Crippen LogP contribution in [0.15, 0.2) is 36.4 Å². The summed E-state index contributed by atoms with van der Waals surface area (Å²) in [6, 6.07) is 12.2. The van der Waals surface area contributed by atoms with Gasteiger partial charge in [0.15, 0.2) is 0 Å². The predicted octanol–water partition coefficient (Wildman–Crippen LogP) is 3.81. The zero-order valence-corrected chi connectivity index (χ0v) is 15.9. The Morgan fingerprint density at radius 3 is 2.62 bits per heavy atom. The first-order chi connectivity index (χ1) is 12.6. The van der Waals surface area contributed by atoms with Gasteiger partial charge < -0.3 is 10.0 Å². The Hall–Kier alpha value is -1.94. The number of carbonyl (C=O) groups excluding carboxylic acids is 1. The molecule has 1 aliphatic rings. The van der Waals surface area contributed by atoms with Gasteiger partial charge in [0, 0.05) is 36.0 Å². The highest BCUT2D eigenvalue weighted by atomic mass is 16.3. The van der Waals surface area contributed by atoms with E-state index >= 15 is 0 Å². The van der Waals surface area contributed by atoms with Gasteiger partial charge in [-0.05, 0) is 31.4 Å². The average molecular weight is 354 g/mol. The van der Waals surface area contributed by atoms with Crippen molar-refractivity contribution in [1.82, 2.24) is 9.88 Å². The smallest absolute Gasteiger partial charge is 0.225 e. The van der Waals surface area contributed by atoms with E-state index in [1.54, 1.807) is 0 Å². The summed E-state index contributed by atoms with van der Waals surface area (Å²) in [5.74, 6) is 0.396. The number of benzene rings is 1. The summed E-state index contributed by atoms with van der Waals surface area (Å²) in [7, 11) is 0. The van der Waals surface area contributed by atoms with Gasteiger partial charge in [0.05, 0.1) is 11.6 Å². The van der Waals surface area contributed by atoms with Gasteiger partial charge in [-0.2, -0.15) is 0 Å². The molecule has 3 rings (SSSR count). The second-order valence-corrected chi connectivity index (χ2v) is 7.54. The summed E-state index contributed by atoms with van der Waals surface area (Å²) in [6.45, 7) is 5.35. The van der Waals surface area contributed by atoms with E-state index in [9.17, 15) is 9.90 Å². The van der Waals surface area contributed by atoms with Crippen LogP contribution in [0.1, 0.15) is 45.2 Å². The molecule has 1 fully saturated rings. The minimum absolute atomic E-state index is 0.0662. The Balaban J connectivity index is 1.66. The van der Waals surface area contributed by atoms with E-state index in [1.165, 1.54) is 0 Å². The molecule has 0 unspecified atom stereocenters. The molecule has 2 heterocycles. The van der Waals surface area contributed by atoms with Crippen molar-refractivity contribution in [3.63, 3.8) is 0 Å². The molecule has 0 spiro atoms. The largest absolute Gasteiger partial charge is 0.391 e. The first-order valence-electron chi connectivity index (χ1n) is 9.93. The third-order valence-corrected chi connectivity index (χ3v) is 5.47. The standard InChI is InChI=1S/C22H30N2O2/c1-3-7-17(8-4-2)22(26)24-14-18(21(25)15-24)13-19-12-11-16-9-5-6-10-20(16)23-19/h5-6,9-12,17-18,21,25H,3-4,7-8,13-15H2,1-2H3/t18-,21-/m1/s1. The summed E-state index contributed by atoms with van der Waals surface area (Å²) in [4.78, 5) is 19.4. The van der Waals surface area contributed by atoms with Crippen LogP contribution in [-0.4, -0.2) is 40.1 Å². The molecule has 1 aromatic carbocycles. The highest BCUT2D eigenvalue weighted by molar-refractivity contribution is 5.79. The highest BCUT2D eigenvalue weighted by Gasteiger charge is 2.36. The van der Waals surface area contributed by atoms with Crippen LogP contribution in [0.2, 0.25) is 0 Å². The van der Waals surface area contributed by atoms with Crippen molar-refractivity contribution in [2.45, 2.75) is 52.1 Å². The number of fused-ring (bicyclic) bond motifs is 1. The first kappa shape index (κ1) is 18.8. The van der Waals surface area contributed by atoms with Crippen LogP contribution >= 0.6 is 0 Å². The van der Waals surface area contributed by atoms with E-state index in [0.717, 1.165) is 42.3 Å². The minimum Gasteiger partial charge on any atom is -0.391 e. The van der Waals surface area contributed by atoms with Crippen LogP contribution in [0.4, 0.5) is 0 Å². The van der Waals surface area contributed by atoms with Gasteiger partial charge in [-0.15, -0.1) is 0 Å². The molecule has 4 nitrogen and oxygen atoms in total. The molecule has 1 aliphatic heterocycles.